The number of aldehydes is 1. The van der Waals surface area contributed by atoms with Crippen molar-refractivity contribution in [2.45, 2.75) is 33.1 Å². The molecule has 0 bridgehead atoms. The zero-order chi connectivity index (χ0) is 9.14. The lowest BCUT2D eigenvalue weighted by Crippen LogP contribution is -1.89. The van der Waals surface area contributed by atoms with Crippen molar-refractivity contribution in [2.75, 3.05) is 0 Å². The van der Waals surface area contributed by atoms with Crippen molar-refractivity contribution in [3.8, 4) is 0 Å². The standard InChI is InChI=1S/C10H14OS/c1-4-7(2)10-5-9(6-11)12-8(10)3/h5-7H,4H2,1-3H3. The molecule has 0 aromatic carbocycles. The summed E-state index contributed by atoms with van der Waals surface area (Å²) in [7, 11) is 0. The Hall–Kier alpha value is -0.630. The Morgan fingerprint density at radius 1 is 1.67 bits per heavy atom. The van der Waals surface area contributed by atoms with E-state index in [4.69, 9.17) is 0 Å². The lowest BCUT2D eigenvalue weighted by Gasteiger charge is -2.06. The molecule has 1 rings (SSSR count). The molecule has 1 nitrogen and oxygen atoms in total. The van der Waals surface area contributed by atoms with Gasteiger partial charge in [0.15, 0.2) is 6.29 Å². The molecule has 1 aromatic heterocycles. The van der Waals surface area contributed by atoms with Gasteiger partial charge in [-0.05, 0) is 30.9 Å². The third-order valence-corrected chi connectivity index (χ3v) is 3.23. The SMILES string of the molecule is CCC(C)c1cc(C=O)sc1C. The van der Waals surface area contributed by atoms with E-state index >= 15 is 0 Å². The number of hydrogen-bond donors (Lipinski definition) is 0. The van der Waals surface area contributed by atoms with Crippen LogP contribution in [0.1, 0.15) is 46.3 Å². The highest BCUT2D eigenvalue weighted by atomic mass is 32.1. The average molecular weight is 182 g/mol. The molecule has 0 amide bonds. The first-order valence-corrected chi connectivity index (χ1v) is 5.06. The summed E-state index contributed by atoms with van der Waals surface area (Å²) in [5.41, 5.74) is 1.34. The summed E-state index contributed by atoms with van der Waals surface area (Å²) in [5.74, 6) is 0.579. The zero-order valence-corrected chi connectivity index (χ0v) is 8.57. The molecular formula is C10H14OS. The number of carbonyl (C=O) groups is 1. The highest BCUT2D eigenvalue weighted by Gasteiger charge is 2.09. The molecule has 0 saturated carbocycles. The van der Waals surface area contributed by atoms with Gasteiger partial charge in [-0.1, -0.05) is 13.8 Å². The molecule has 1 aromatic rings. The molecule has 0 fully saturated rings. The molecule has 12 heavy (non-hydrogen) atoms. The van der Waals surface area contributed by atoms with E-state index in [1.165, 1.54) is 10.4 Å². The summed E-state index contributed by atoms with van der Waals surface area (Å²) in [4.78, 5) is 12.6. The molecule has 0 aliphatic carbocycles. The van der Waals surface area contributed by atoms with E-state index in [-0.39, 0.29) is 0 Å². The molecule has 0 spiro atoms. The average Bonchev–Trinajstić information content (AvgIpc) is 2.45. The van der Waals surface area contributed by atoms with Crippen LogP contribution in [0.4, 0.5) is 0 Å². The molecule has 1 heterocycles. The molecule has 0 aliphatic heterocycles. The summed E-state index contributed by atoms with van der Waals surface area (Å²) in [6.07, 6.45) is 2.07. The fraction of sp³-hybridized carbons (Fsp3) is 0.500. The van der Waals surface area contributed by atoms with Crippen molar-refractivity contribution in [2.24, 2.45) is 0 Å². The van der Waals surface area contributed by atoms with E-state index in [1.807, 2.05) is 6.07 Å². The van der Waals surface area contributed by atoms with Crippen LogP contribution >= 0.6 is 11.3 Å². The molecule has 0 radical (unpaired) electrons. The van der Waals surface area contributed by atoms with Gasteiger partial charge < -0.3 is 0 Å². The topological polar surface area (TPSA) is 17.1 Å². The fourth-order valence-corrected chi connectivity index (χ4v) is 2.25. The third-order valence-electron chi connectivity index (χ3n) is 2.23. The van der Waals surface area contributed by atoms with Crippen LogP contribution < -0.4 is 0 Å². The number of carbonyl (C=O) groups excluding carboxylic acids is 1. The van der Waals surface area contributed by atoms with Crippen molar-refractivity contribution in [3.05, 3.63) is 21.4 Å². The highest BCUT2D eigenvalue weighted by molar-refractivity contribution is 7.13. The summed E-state index contributed by atoms with van der Waals surface area (Å²) >= 11 is 1.59. The van der Waals surface area contributed by atoms with Crippen molar-refractivity contribution >= 4 is 17.6 Å². The van der Waals surface area contributed by atoms with E-state index < -0.39 is 0 Å². The van der Waals surface area contributed by atoms with Crippen LogP contribution in [0, 0.1) is 6.92 Å². The van der Waals surface area contributed by atoms with Crippen LogP contribution in [0.5, 0.6) is 0 Å². The summed E-state index contributed by atoms with van der Waals surface area (Å²) in [6.45, 7) is 6.45. The maximum Gasteiger partial charge on any atom is 0.160 e. The second-order valence-electron chi connectivity index (χ2n) is 3.09. The minimum absolute atomic E-state index is 0.579. The van der Waals surface area contributed by atoms with Crippen molar-refractivity contribution in [1.29, 1.82) is 0 Å². The van der Waals surface area contributed by atoms with E-state index in [9.17, 15) is 4.79 Å². The van der Waals surface area contributed by atoms with Gasteiger partial charge in [0.2, 0.25) is 0 Å². The molecule has 0 saturated heterocycles. The van der Waals surface area contributed by atoms with Gasteiger partial charge >= 0.3 is 0 Å². The number of hydrogen-bond acceptors (Lipinski definition) is 2. The summed E-state index contributed by atoms with van der Waals surface area (Å²) in [5, 5.41) is 0. The van der Waals surface area contributed by atoms with Crippen LogP contribution in [-0.4, -0.2) is 6.29 Å². The normalized spacial score (nSPS) is 12.9. The molecular weight excluding hydrogens is 168 g/mol. The number of aryl methyl sites for hydroxylation is 1. The van der Waals surface area contributed by atoms with Crippen LogP contribution in [0.15, 0.2) is 6.07 Å². The molecule has 0 N–H and O–H groups in total. The van der Waals surface area contributed by atoms with Crippen molar-refractivity contribution < 1.29 is 4.79 Å². The van der Waals surface area contributed by atoms with Gasteiger partial charge in [-0.15, -0.1) is 11.3 Å². The predicted octanol–water partition coefficient (Wildman–Crippen LogP) is 3.38. The van der Waals surface area contributed by atoms with Gasteiger partial charge in [0, 0.05) is 4.88 Å². The van der Waals surface area contributed by atoms with E-state index in [0.717, 1.165) is 17.6 Å². The molecule has 1 atom stereocenters. The maximum absolute atomic E-state index is 10.5. The highest BCUT2D eigenvalue weighted by Crippen LogP contribution is 2.28. The van der Waals surface area contributed by atoms with Gasteiger partial charge in [0.25, 0.3) is 0 Å². The molecule has 66 valence electrons. The van der Waals surface area contributed by atoms with Gasteiger partial charge in [0.1, 0.15) is 0 Å². The van der Waals surface area contributed by atoms with Crippen molar-refractivity contribution in [1.82, 2.24) is 0 Å². The lowest BCUT2D eigenvalue weighted by molar-refractivity contribution is 0.112. The Morgan fingerprint density at radius 3 is 2.75 bits per heavy atom. The Bertz CT molecular complexity index is 275. The third kappa shape index (κ3) is 1.75. The van der Waals surface area contributed by atoms with Gasteiger partial charge in [0.05, 0.1) is 4.88 Å². The first kappa shape index (κ1) is 9.46. The fourth-order valence-electron chi connectivity index (χ4n) is 1.29. The Kier molecular flexibility index (Phi) is 3.04. The second-order valence-corrected chi connectivity index (χ2v) is 4.38. The van der Waals surface area contributed by atoms with Crippen LogP contribution in [0.2, 0.25) is 0 Å². The first-order valence-electron chi connectivity index (χ1n) is 4.24. The molecule has 2 heteroatoms. The quantitative estimate of drug-likeness (QED) is 0.655. The first-order chi connectivity index (χ1) is 5.69. The smallest absolute Gasteiger partial charge is 0.160 e. The minimum Gasteiger partial charge on any atom is -0.297 e. The minimum atomic E-state index is 0.579. The van der Waals surface area contributed by atoms with Crippen LogP contribution in [0.3, 0.4) is 0 Å². The van der Waals surface area contributed by atoms with E-state index in [2.05, 4.69) is 20.8 Å². The van der Waals surface area contributed by atoms with Gasteiger partial charge in [-0.25, -0.2) is 0 Å². The Morgan fingerprint density at radius 2 is 2.33 bits per heavy atom. The summed E-state index contributed by atoms with van der Waals surface area (Å²) < 4.78 is 0. The van der Waals surface area contributed by atoms with Crippen LogP contribution in [0.25, 0.3) is 0 Å². The van der Waals surface area contributed by atoms with E-state index in [1.54, 1.807) is 11.3 Å². The van der Waals surface area contributed by atoms with Crippen molar-refractivity contribution in [3.63, 3.8) is 0 Å². The maximum atomic E-state index is 10.5. The second kappa shape index (κ2) is 3.85. The number of rotatable bonds is 3. The lowest BCUT2D eigenvalue weighted by atomic mass is 9.99. The largest absolute Gasteiger partial charge is 0.297 e. The van der Waals surface area contributed by atoms with Crippen LogP contribution in [-0.2, 0) is 0 Å². The summed E-state index contributed by atoms with van der Waals surface area (Å²) in [6, 6.07) is 2.02. The molecule has 0 aliphatic rings. The number of thiophene rings is 1. The monoisotopic (exact) mass is 182 g/mol. The van der Waals surface area contributed by atoms with E-state index in [0.29, 0.717) is 5.92 Å². The Labute approximate surface area is 77.4 Å². The zero-order valence-electron chi connectivity index (χ0n) is 7.76. The Balaban J connectivity index is 2.98. The van der Waals surface area contributed by atoms with Gasteiger partial charge in [-0.3, -0.25) is 4.79 Å². The predicted molar refractivity (Wildman–Crippen MR) is 53.1 cm³/mol. The van der Waals surface area contributed by atoms with Gasteiger partial charge in [-0.2, -0.15) is 0 Å². The molecule has 1 unspecified atom stereocenters.